The number of aromatic amines is 1. The monoisotopic (exact) mass is 355 g/mol. The van der Waals surface area contributed by atoms with Gasteiger partial charge in [-0.25, -0.2) is 0 Å². The van der Waals surface area contributed by atoms with Gasteiger partial charge in [0.25, 0.3) is 0 Å². The first kappa shape index (κ1) is 16.8. The topological polar surface area (TPSA) is 42.5 Å². The van der Waals surface area contributed by atoms with E-state index in [-0.39, 0.29) is 6.61 Å². The number of H-pyrrole nitrogens is 1. The molecule has 0 radical (unpaired) electrons. The van der Waals surface area contributed by atoms with E-state index < -0.39 is 0 Å². The molecule has 4 nitrogen and oxygen atoms in total. The molecule has 5 heteroatoms. The highest BCUT2D eigenvalue weighted by molar-refractivity contribution is 7.09. The molecule has 1 aromatic carbocycles. The molecule has 0 spiro atoms. The van der Waals surface area contributed by atoms with E-state index in [9.17, 15) is 5.11 Å². The van der Waals surface area contributed by atoms with Gasteiger partial charge in [0.05, 0.1) is 0 Å². The normalized spacial score (nSPS) is 19.6. The molecule has 2 aromatic heterocycles. The van der Waals surface area contributed by atoms with Gasteiger partial charge in [0.15, 0.2) is 0 Å². The molecule has 0 saturated carbocycles. The number of para-hydroxylation sites is 1. The lowest BCUT2D eigenvalue weighted by molar-refractivity contribution is 0.0502. The molecule has 0 amide bonds. The summed E-state index contributed by atoms with van der Waals surface area (Å²) in [5.41, 5.74) is 2.48. The smallest absolute Gasteiger partial charge is 0.0456 e. The number of rotatable bonds is 6. The van der Waals surface area contributed by atoms with Crippen LogP contribution in [0.2, 0.25) is 0 Å². The number of nitrogens with one attached hydrogen (secondary N) is 1. The number of piperazine rings is 1. The van der Waals surface area contributed by atoms with Crippen molar-refractivity contribution in [3.05, 3.63) is 58.4 Å². The Balaban J connectivity index is 1.42. The number of benzene rings is 1. The molecule has 4 rings (SSSR count). The third-order valence-corrected chi connectivity index (χ3v) is 5.93. The van der Waals surface area contributed by atoms with E-state index in [0.717, 1.165) is 39.1 Å². The molecular formula is C20H25N3OS. The van der Waals surface area contributed by atoms with Gasteiger partial charge in [0.1, 0.15) is 0 Å². The Bertz CT molecular complexity index is 765. The molecule has 132 valence electrons. The number of hydrogen-bond acceptors (Lipinski definition) is 4. The van der Waals surface area contributed by atoms with Crippen LogP contribution in [0.3, 0.4) is 0 Å². The Morgan fingerprint density at radius 2 is 2.04 bits per heavy atom. The van der Waals surface area contributed by atoms with Crippen LogP contribution in [-0.2, 0) is 13.1 Å². The molecule has 1 fully saturated rings. The molecule has 0 bridgehead atoms. The molecule has 3 heterocycles. The summed E-state index contributed by atoms with van der Waals surface area (Å²) in [6.07, 6.45) is 0.842. The molecule has 25 heavy (non-hydrogen) atoms. The number of nitrogens with zero attached hydrogens (tertiary/aromatic N) is 2. The van der Waals surface area contributed by atoms with Crippen molar-refractivity contribution < 1.29 is 5.11 Å². The van der Waals surface area contributed by atoms with Crippen molar-refractivity contribution in [1.82, 2.24) is 14.8 Å². The molecule has 0 aliphatic carbocycles. The summed E-state index contributed by atoms with van der Waals surface area (Å²) >= 11 is 1.82. The summed E-state index contributed by atoms with van der Waals surface area (Å²) < 4.78 is 0. The van der Waals surface area contributed by atoms with Crippen molar-refractivity contribution >= 4 is 22.2 Å². The van der Waals surface area contributed by atoms with Crippen LogP contribution in [0.1, 0.15) is 17.0 Å². The number of aliphatic hydroxyl groups excluding tert-OH is 1. The fourth-order valence-corrected chi connectivity index (χ4v) is 4.52. The summed E-state index contributed by atoms with van der Waals surface area (Å²) in [5, 5.41) is 12.9. The Labute approximate surface area is 152 Å². The summed E-state index contributed by atoms with van der Waals surface area (Å²) in [5.74, 6) is 0. The zero-order valence-corrected chi connectivity index (χ0v) is 15.2. The summed E-state index contributed by atoms with van der Waals surface area (Å²) in [6.45, 7) is 5.35. The van der Waals surface area contributed by atoms with Gasteiger partial charge in [-0.15, -0.1) is 11.3 Å². The first-order valence-electron chi connectivity index (χ1n) is 8.98. The maximum absolute atomic E-state index is 9.48. The zero-order valence-electron chi connectivity index (χ0n) is 14.4. The fraction of sp³-hybridized carbons (Fsp3) is 0.400. The van der Waals surface area contributed by atoms with Crippen LogP contribution in [0.25, 0.3) is 10.9 Å². The maximum atomic E-state index is 9.48. The van der Waals surface area contributed by atoms with Crippen molar-refractivity contribution in [2.45, 2.75) is 25.6 Å². The minimum absolute atomic E-state index is 0.256. The van der Waals surface area contributed by atoms with Gasteiger partial charge in [0.2, 0.25) is 0 Å². The molecule has 1 atom stereocenters. The second kappa shape index (κ2) is 7.70. The highest BCUT2D eigenvalue weighted by Crippen LogP contribution is 2.21. The Morgan fingerprint density at radius 1 is 1.12 bits per heavy atom. The van der Waals surface area contributed by atoms with Crippen LogP contribution in [0.5, 0.6) is 0 Å². The van der Waals surface area contributed by atoms with E-state index in [1.54, 1.807) is 0 Å². The number of hydrogen-bond donors (Lipinski definition) is 2. The van der Waals surface area contributed by atoms with Crippen LogP contribution < -0.4 is 0 Å². The number of aliphatic hydroxyl groups is 1. The van der Waals surface area contributed by atoms with Crippen LogP contribution in [0, 0.1) is 0 Å². The molecular weight excluding hydrogens is 330 g/mol. The molecule has 1 unspecified atom stereocenters. The summed E-state index contributed by atoms with van der Waals surface area (Å²) in [7, 11) is 0. The molecule has 1 aliphatic heterocycles. The first-order chi connectivity index (χ1) is 12.3. The van der Waals surface area contributed by atoms with Crippen LogP contribution in [0.15, 0.2) is 47.8 Å². The molecule has 1 aliphatic rings. The van der Waals surface area contributed by atoms with Crippen molar-refractivity contribution in [1.29, 1.82) is 0 Å². The third kappa shape index (κ3) is 3.96. The SMILES string of the molecule is OCCC1CN(Cc2cc3ccccc3[nH]2)CCN1Cc1cccs1. The van der Waals surface area contributed by atoms with Gasteiger partial charge in [-0.2, -0.15) is 0 Å². The molecule has 1 saturated heterocycles. The van der Waals surface area contributed by atoms with E-state index in [1.807, 2.05) is 11.3 Å². The van der Waals surface area contributed by atoms with Crippen LogP contribution in [0.4, 0.5) is 0 Å². The first-order valence-corrected chi connectivity index (χ1v) is 9.86. The fourth-order valence-electron chi connectivity index (χ4n) is 3.79. The third-order valence-electron chi connectivity index (χ3n) is 5.07. The second-order valence-corrected chi connectivity index (χ2v) is 7.87. The largest absolute Gasteiger partial charge is 0.396 e. The summed E-state index contributed by atoms with van der Waals surface area (Å²) in [4.78, 5) is 9.98. The highest BCUT2D eigenvalue weighted by atomic mass is 32.1. The Kier molecular flexibility index (Phi) is 5.17. The quantitative estimate of drug-likeness (QED) is 0.713. The van der Waals surface area contributed by atoms with Crippen molar-refractivity contribution in [2.75, 3.05) is 26.2 Å². The molecule has 3 aromatic rings. The van der Waals surface area contributed by atoms with Gasteiger partial charge >= 0.3 is 0 Å². The maximum Gasteiger partial charge on any atom is 0.0456 e. The van der Waals surface area contributed by atoms with Crippen LogP contribution >= 0.6 is 11.3 Å². The lowest BCUT2D eigenvalue weighted by Crippen LogP contribution is -2.52. The minimum Gasteiger partial charge on any atom is -0.396 e. The average Bonchev–Trinajstić information content (AvgIpc) is 3.26. The summed E-state index contributed by atoms with van der Waals surface area (Å²) in [6, 6.07) is 15.4. The van der Waals surface area contributed by atoms with Crippen molar-refractivity contribution in [3.8, 4) is 0 Å². The lowest BCUT2D eigenvalue weighted by atomic mass is 10.1. The van der Waals surface area contributed by atoms with Gasteiger partial charge < -0.3 is 10.1 Å². The number of fused-ring (bicyclic) bond motifs is 1. The van der Waals surface area contributed by atoms with E-state index in [1.165, 1.54) is 21.5 Å². The standard InChI is InChI=1S/C20H25N3OS/c24-10-7-18-14-22(8-9-23(18)15-19-5-3-11-25-19)13-17-12-16-4-1-2-6-20(16)21-17/h1-6,11-12,18,21,24H,7-10,13-15H2. The van der Waals surface area contributed by atoms with E-state index in [0.29, 0.717) is 6.04 Å². The highest BCUT2D eigenvalue weighted by Gasteiger charge is 2.27. The molecule has 2 N–H and O–H groups in total. The predicted octanol–water partition coefficient (Wildman–Crippen LogP) is 3.30. The van der Waals surface area contributed by atoms with Gasteiger partial charge in [-0.05, 0) is 35.4 Å². The van der Waals surface area contributed by atoms with Crippen molar-refractivity contribution in [3.63, 3.8) is 0 Å². The van der Waals surface area contributed by atoms with E-state index in [4.69, 9.17) is 0 Å². The second-order valence-electron chi connectivity index (χ2n) is 6.83. The lowest BCUT2D eigenvalue weighted by Gasteiger charge is -2.41. The van der Waals surface area contributed by atoms with Gasteiger partial charge in [-0.1, -0.05) is 24.3 Å². The zero-order chi connectivity index (χ0) is 17.1. The van der Waals surface area contributed by atoms with Crippen molar-refractivity contribution in [2.24, 2.45) is 0 Å². The Morgan fingerprint density at radius 3 is 2.84 bits per heavy atom. The van der Waals surface area contributed by atoms with E-state index >= 15 is 0 Å². The van der Waals surface area contributed by atoms with Gasteiger partial charge in [-0.3, -0.25) is 9.80 Å². The average molecular weight is 356 g/mol. The van der Waals surface area contributed by atoms with E-state index in [2.05, 4.69) is 62.6 Å². The van der Waals surface area contributed by atoms with Crippen LogP contribution in [-0.4, -0.2) is 52.2 Å². The number of thiophene rings is 1. The number of aromatic nitrogens is 1. The Hall–Kier alpha value is -1.66. The van der Waals surface area contributed by atoms with Gasteiger partial charge in [0, 0.05) is 61.5 Å². The predicted molar refractivity (Wildman–Crippen MR) is 104 cm³/mol. The minimum atomic E-state index is 0.256.